The van der Waals surface area contributed by atoms with E-state index in [0.29, 0.717) is 28.8 Å². The lowest BCUT2D eigenvalue weighted by molar-refractivity contribution is -0.432. The van der Waals surface area contributed by atoms with E-state index in [9.17, 15) is 31.0 Å². The number of nitrogen functional groups attached to an aromatic ring is 1. The van der Waals surface area contributed by atoms with Gasteiger partial charge in [-0.05, 0) is 60.0 Å². The van der Waals surface area contributed by atoms with Gasteiger partial charge in [-0.15, -0.1) is 19.7 Å². The van der Waals surface area contributed by atoms with Crippen LogP contribution in [0.3, 0.4) is 0 Å². The molecule has 0 aliphatic heterocycles. The Kier molecular flexibility index (Phi) is 8.97. The number of hydrogen-bond donors (Lipinski definition) is 5. The molecule has 46 heavy (non-hydrogen) atoms. The minimum Gasteiger partial charge on any atom is -0.505 e. The van der Waals surface area contributed by atoms with Crippen LogP contribution in [0.15, 0.2) is 108 Å². The van der Waals surface area contributed by atoms with Gasteiger partial charge in [0.05, 0.1) is 51.2 Å². The highest BCUT2D eigenvalue weighted by Crippen LogP contribution is 2.46. The van der Waals surface area contributed by atoms with E-state index < -0.39 is 35.8 Å². The first-order chi connectivity index (χ1) is 21.8. The molecule has 0 fully saturated rings. The maximum absolute atomic E-state index is 11.9. The Labute approximate surface area is 263 Å². The van der Waals surface area contributed by atoms with Crippen molar-refractivity contribution in [3.05, 3.63) is 84.2 Å². The van der Waals surface area contributed by atoms with Gasteiger partial charge in [-0.1, -0.05) is 23.2 Å². The summed E-state index contributed by atoms with van der Waals surface area (Å²) in [5.74, 6) is -0.561. The van der Waals surface area contributed by atoms with Gasteiger partial charge < -0.3 is 10.8 Å². The lowest BCUT2D eigenvalue weighted by atomic mass is 10.1. The second-order valence-corrected chi connectivity index (χ2v) is 12.8. The highest BCUT2D eigenvalue weighted by Gasteiger charge is 2.21. The molecule has 5 aromatic rings. The van der Waals surface area contributed by atoms with E-state index in [0.717, 1.165) is 24.3 Å². The lowest BCUT2D eigenvalue weighted by Crippen LogP contribution is -2.03. The molecule has 0 unspecified atom stereocenters. The van der Waals surface area contributed by atoms with E-state index in [1.165, 1.54) is 30.3 Å². The minimum atomic E-state index is -4.72. The van der Waals surface area contributed by atoms with Crippen molar-refractivity contribution in [2.75, 3.05) is 5.73 Å². The third-order valence-electron chi connectivity index (χ3n) is 6.34. The largest absolute Gasteiger partial charge is 0.505 e. The molecule has 0 bridgehead atoms. The predicted octanol–water partition coefficient (Wildman–Crippen LogP) is 7.58. The van der Waals surface area contributed by atoms with Crippen molar-refractivity contribution in [3.8, 4) is 5.75 Å². The van der Waals surface area contributed by atoms with Crippen molar-refractivity contribution in [2.24, 2.45) is 20.5 Å². The highest BCUT2D eigenvalue weighted by atomic mass is 32.2. The fraction of sp³-hybridized carbons (Fsp3) is 0. The van der Waals surface area contributed by atoms with Gasteiger partial charge in [0.2, 0.25) is 0 Å². The SMILES string of the molecule is [C-]#[N+]c1cccc(N=Nc2ccc(N=Nc3c(SOOO)cc4cc(S(=O)(=O)O)c(N)cc4c3O)c3cc(S(=O)(=O)O)ccc23)c1. The van der Waals surface area contributed by atoms with Gasteiger partial charge in [-0.2, -0.15) is 21.9 Å². The molecule has 0 spiro atoms. The molecule has 0 atom stereocenters. The van der Waals surface area contributed by atoms with Crippen LogP contribution in [0.5, 0.6) is 5.75 Å². The molecule has 0 heterocycles. The molecule has 0 aromatic heterocycles. The van der Waals surface area contributed by atoms with Gasteiger partial charge >= 0.3 is 0 Å². The van der Waals surface area contributed by atoms with Crippen LogP contribution in [-0.2, 0) is 29.6 Å². The number of phenolic OH excluding ortho intramolecular Hbond substituents is 1. The maximum Gasteiger partial charge on any atom is 0.296 e. The number of aromatic hydroxyl groups is 1. The molecular weight excluding hydrogens is 665 g/mol. The van der Waals surface area contributed by atoms with Crippen molar-refractivity contribution in [3.63, 3.8) is 0 Å². The van der Waals surface area contributed by atoms with Crippen LogP contribution in [-0.4, -0.2) is 36.3 Å². The third-order valence-corrected chi connectivity index (χ3v) is 8.72. The summed E-state index contributed by atoms with van der Waals surface area (Å²) < 4.78 is 71.0. The number of anilines is 1. The molecule has 6 N–H and O–H groups in total. The van der Waals surface area contributed by atoms with E-state index in [4.69, 9.17) is 17.6 Å². The molecule has 16 nitrogen and oxygen atoms in total. The molecule has 0 saturated heterocycles. The molecular formula is C27H18N6O10S3. The average molecular weight is 683 g/mol. The number of phenols is 1. The summed E-state index contributed by atoms with van der Waals surface area (Å²) in [4.78, 5) is 2.21. The summed E-state index contributed by atoms with van der Waals surface area (Å²) >= 11 is 0.360. The van der Waals surface area contributed by atoms with E-state index in [1.54, 1.807) is 18.2 Å². The van der Waals surface area contributed by atoms with Crippen molar-refractivity contribution >= 4 is 87.9 Å². The summed E-state index contributed by atoms with van der Waals surface area (Å²) in [5.41, 5.74) is 6.20. The normalized spacial score (nSPS) is 12.4. The van der Waals surface area contributed by atoms with Crippen molar-refractivity contribution in [1.82, 2.24) is 0 Å². The summed E-state index contributed by atoms with van der Waals surface area (Å²) in [6, 6.07) is 16.3. The Bertz CT molecular complexity index is 2360. The molecule has 5 rings (SSSR count). The first-order valence-electron chi connectivity index (χ1n) is 12.4. The molecule has 19 heteroatoms. The third kappa shape index (κ3) is 6.79. The van der Waals surface area contributed by atoms with Gasteiger partial charge in [0.25, 0.3) is 20.2 Å². The molecule has 0 saturated carbocycles. The molecule has 0 radical (unpaired) electrons. The molecule has 5 aromatic carbocycles. The number of hydrogen-bond acceptors (Lipinski definition) is 14. The smallest absolute Gasteiger partial charge is 0.296 e. The monoisotopic (exact) mass is 682 g/mol. The van der Waals surface area contributed by atoms with E-state index in [-0.39, 0.29) is 43.8 Å². The van der Waals surface area contributed by atoms with Crippen LogP contribution < -0.4 is 5.73 Å². The Hall–Kier alpha value is -5.04. The summed E-state index contributed by atoms with van der Waals surface area (Å²) in [7, 11) is -9.37. The molecule has 0 amide bonds. The van der Waals surface area contributed by atoms with E-state index in [2.05, 4.69) is 34.7 Å². The molecule has 234 valence electrons. The average Bonchev–Trinajstić information content (AvgIpc) is 3.01. The summed E-state index contributed by atoms with van der Waals surface area (Å²) in [6.45, 7) is 7.17. The second-order valence-electron chi connectivity index (χ2n) is 9.20. The molecule has 0 aliphatic carbocycles. The van der Waals surface area contributed by atoms with Crippen LogP contribution in [0.2, 0.25) is 0 Å². The quantitative estimate of drug-likeness (QED) is 0.0192. The van der Waals surface area contributed by atoms with Gasteiger partial charge in [-0.25, -0.2) is 10.1 Å². The van der Waals surface area contributed by atoms with Crippen LogP contribution in [0.25, 0.3) is 26.4 Å². The zero-order valence-electron chi connectivity index (χ0n) is 22.7. The van der Waals surface area contributed by atoms with Crippen molar-refractivity contribution < 1.29 is 45.7 Å². The zero-order valence-corrected chi connectivity index (χ0v) is 25.2. The van der Waals surface area contributed by atoms with Crippen LogP contribution in [0, 0.1) is 6.57 Å². The Morgan fingerprint density at radius 1 is 0.804 bits per heavy atom. The topological polar surface area (TPSA) is 247 Å². The first kappa shape index (κ1) is 32.4. The van der Waals surface area contributed by atoms with Gasteiger partial charge in [0.1, 0.15) is 10.6 Å². The number of rotatable bonds is 9. The zero-order chi connectivity index (χ0) is 33.2. The predicted molar refractivity (Wildman–Crippen MR) is 165 cm³/mol. The van der Waals surface area contributed by atoms with Crippen LogP contribution in [0.4, 0.5) is 34.1 Å². The molecule has 0 aliphatic rings. The Morgan fingerprint density at radius 2 is 1.52 bits per heavy atom. The number of nitrogens with zero attached hydrogens (tertiary/aromatic N) is 5. The Balaban J connectivity index is 1.67. The fourth-order valence-electron chi connectivity index (χ4n) is 4.30. The summed E-state index contributed by atoms with van der Waals surface area (Å²) in [6.07, 6.45) is 0. The maximum atomic E-state index is 11.9. The van der Waals surface area contributed by atoms with Crippen LogP contribution in [0.1, 0.15) is 0 Å². The number of azo groups is 2. The highest BCUT2D eigenvalue weighted by molar-refractivity contribution is 7.94. The summed E-state index contributed by atoms with van der Waals surface area (Å²) in [5, 5.41) is 40.6. The van der Waals surface area contributed by atoms with E-state index >= 15 is 0 Å². The minimum absolute atomic E-state index is 0.00433. The van der Waals surface area contributed by atoms with Gasteiger partial charge in [0.15, 0.2) is 11.4 Å². The van der Waals surface area contributed by atoms with Gasteiger partial charge in [-0.3, -0.25) is 9.11 Å². The lowest BCUT2D eigenvalue weighted by Gasteiger charge is -2.11. The van der Waals surface area contributed by atoms with Crippen molar-refractivity contribution in [1.29, 1.82) is 0 Å². The van der Waals surface area contributed by atoms with Crippen LogP contribution >= 0.6 is 12.0 Å². The van der Waals surface area contributed by atoms with Crippen molar-refractivity contribution in [2.45, 2.75) is 14.7 Å². The number of nitrogens with two attached hydrogens (primary N) is 1. The number of fused-ring (bicyclic) bond motifs is 2. The fourth-order valence-corrected chi connectivity index (χ4v) is 5.93. The van der Waals surface area contributed by atoms with E-state index in [1.807, 2.05) is 0 Å². The van der Waals surface area contributed by atoms with Gasteiger partial charge in [0, 0.05) is 16.2 Å². The standard InChI is InChI=1S/C27H18N6O10S3/c1-29-15-3-2-4-16(11-15)30-31-22-7-8-23(20-12-17(45(36,37)38)5-6-18(20)22)32-33-26-24(44-43-42-35)9-14-10-25(46(39,40)41)21(28)13-19(14)27(26)34/h2-13,34-35H,28H2,(H,36,37,38)(H,39,40,41). The second kappa shape index (κ2) is 12.8. The first-order valence-corrected chi connectivity index (χ1v) is 16.0. The number of benzene rings is 5. The Morgan fingerprint density at radius 3 is 2.20 bits per heavy atom.